The highest BCUT2D eigenvalue weighted by Crippen LogP contribution is 2.21. The summed E-state index contributed by atoms with van der Waals surface area (Å²) in [5.41, 5.74) is 5.31. The van der Waals surface area contributed by atoms with E-state index in [0.717, 1.165) is 32.6 Å². The molecule has 0 spiro atoms. The molecule has 0 aromatic heterocycles. The van der Waals surface area contributed by atoms with Crippen LogP contribution in [0.3, 0.4) is 0 Å². The standard InChI is InChI=1S/C10H19N3O/c11-10(14)8-3-5-13(7-8)9-2-1-4-12-6-9/h8-9,12H,1-7H2,(H2,11,14). The number of carbonyl (C=O) groups is 1. The highest BCUT2D eigenvalue weighted by molar-refractivity contribution is 5.77. The van der Waals surface area contributed by atoms with Crippen molar-refractivity contribution in [3.05, 3.63) is 0 Å². The summed E-state index contributed by atoms with van der Waals surface area (Å²) >= 11 is 0. The Morgan fingerprint density at radius 2 is 2.29 bits per heavy atom. The molecule has 2 fully saturated rings. The van der Waals surface area contributed by atoms with Gasteiger partial charge in [-0.15, -0.1) is 0 Å². The average Bonchev–Trinajstić information content (AvgIpc) is 2.68. The highest BCUT2D eigenvalue weighted by atomic mass is 16.1. The summed E-state index contributed by atoms with van der Waals surface area (Å²) < 4.78 is 0. The van der Waals surface area contributed by atoms with Gasteiger partial charge in [0.15, 0.2) is 0 Å². The summed E-state index contributed by atoms with van der Waals surface area (Å²) in [6, 6.07) is 0.632. The number of likely N-dealkylation sites (tertiary alicyclic amines) is 1. The lowest BCUT2D eigenvalue weighted by Crippen LogP contribution is -2.45. The van der Waals surface area contributed by atoms with Gasteiger partial charge in [-0.2, -0.15) is 0 Å². The van der Waals surface area contributed by atoms with Gasteiger partial charge in [-0.25, -0.2) is 0 Å². The first-order valence-electron chi connectivity index (χ1n) is 5.51. The SMILES string of the molecule is NC(=O)C1CCN(C2CCCNC2)C1. The molecular weight excluding hydrogens is 178 g/mol. The third-order valence-corrected chi connectivity index (χ3v) is 3.41. The van der Waals surface area contributed by atoms with Crippen LogP contribution < -0.4 is 11.1 Å². The molecule has 0 bridgehead atoms. The van der Waals surface area contributed by atoms with Crippen molar-refractivity contribution in [3.63, 3.8) is 0 Å². The largest absolute Gasteiger partial charge is 0.369 e. The maximum Gasteiger partial charge on any atom is 0.221 e. The van der Waals surface area contributed by atoms with Gasteiger partial charge in [0.25, 0.3) is 0 Å². The second-order valence-corrected chi connectivity index (χ2v) is 4.38. The van der Waals surface area contributed by atoms with E-state index in [1.807, 2.05) is 0 Å². The quantitative estimate of drug-likeness (QED) is 0.630. The molecule has 2 aliphatic rings. The average molecular weight is 197 g/mol. The van der Waals surface area contributed by atoms with Crippen LogP contribution in [0.15, 0.2) is 0 Å². The lowest BCUT2D eigenvalue weighted by atomic mass is 10.1. The van der Waals surface area contributed by atoms with Gasteiger partial charge in [-0.3, -0.25) is 9.69 Å². The molecule has 4 nitrogen and oxygen atoms in total. The minimum absolute atomic E-state index is 0.0944. The second kappa shape index (κ2) is 4.28. The van der Waals surface area contributed by atoms with Crippen LogP contribution in [0, 0.1) is 5.92 Å². The zero-order valence-corrected chi connectivity index (χ0v) is 8.54. The Bertz CT molecular complexity index is 213. The molecule has 14 heavy (non-hydrogen) atoms. The zero-order valence-electron chi connectivity index (χ0n) is 8.54. The fourth-order valence-electron chi connectivity index (χ4n) is 2.50. The van der Waals surface area contributed by atoms with E-state index in [1.165, 1.54) is 12.8 Å². The van der Waals surface area contributed by atoms with Crippen LogP contribution in [0.5, 0.6) is 0 Å². The first kappa shape index (κ1) is 9.93. The van der Waals surface area contributed by atoms with E-state index in [-0.39, 0.29) is 11.8 Å². The lowest BCUT2D eigenvalue weighted by Gasteiger charge is -2.31. The van der Waals surface area contributed by atoms with Crippen LogP contribution in [0.2, 0.25) is 0 Å². The Hall–Kier alpha value is -0.610. The Morgan fingerprint density at radius 1 is 1.43 bits per heavy atom. The molecule has 2 heterocycles. The summed E-state index contributed by atoms with van der Waals surface area (Å²) in [4.78, 5) is 13.4. The number of hydrogen-bond acceptors (Lipinski definition) is 3. The monoisotopic (exact) mass is 197 g/mol. The van der Waals surface area contributed by atoms with Crippen LogP contribution in [0.1, 0.15) is 19.3 Å². The van der Waals surface area contributed by atoms with E-state index in [2.05, 4.69) is 10.2 Å². The number of amides is 1. The first-order valence-corrected chi connectivity index (χ1v) is 5.51. The molecular formula is C10H19N3O. The van der Waals surface area contributed by atoms with Crippen molar-refractivity contribution >= 4 is 5.91 Å². The normalized spacial score (nSPS) is 34.6. The van der Waals surface area contributed by atoms with Crippen LogP contribution in [0.4, 0.5) is 0 Å². The molecule has 2 atom stereocenters. The number of nitrogens with zero attached hydrogens (tertiary/aromatic N) is 1. The highest BCUT2D eigenvalue weighted by Gasteiger charge is 2.31. The van der Waals surface area contributed by atoms with Gasteiger partial charge in [0.2, 0.25) is 5.91 Å². The topological polar surface area (TPSA) is 58.4 Å². The van der Waals surface area contributed by atoms with Crippen molar-refractivity contribution in [2.24, 2.45) is 11.7 Å². The Labute approximate surface area is 84.8 Å². The van der Waals surface area contributed by atoms with E-state index >= 15 is 0 Å². The zero-order chi connectivity index (χ0) is 9.97. The number of rotatable bonds is 2. The number of piperidine rings is 1. The van der Waals surface area contributed by atoms with Crippen molar-refractivity contribution in [1.29, 1.82) is 0 Å². The number of nitrogens with one attached hydrogen (secondary N) is 1. The predicted molar refractivity (Wildman–Crippen MR) is 54.8 cm³/mol. The molecule has 0 aromatic carbocycles. The molecule has 0 saturated carbocycles. The van der Waals surface area contributed by atoms with Crippen LogP contribution in [-0.2, 0) is 4.79 Å². The Balaban J connectivity index is 1.85. The Morgan fingerprint density at radius 3 is 2.86 bits per heavy atom. The number of carbonyl (C=O) groups excluding carboxylic acids is 1. The first-order chi connectivity index (χ1) is 6.77. The summed E-state index contributed by atoms with van der Waals surface area (Å²) in [6.45, 7) is 4.14. The molecule has 2 saturated heterocycles. The maximum absolute atomic E-state index is 11.0. The van der Waals surface area contributed by atoms with Gasteiger partial charge in [0, 0.05) is 19.1 Å². The summed E-state index contributed by atoms with van der Waals surface area (Å²) in [5.74, 6) is -0.0341. The maximum atomic E-state index is 11.0. The van der Waals surface area contributed by atoms with Gasteiger partial charge in [0.05, 0.1) is 5.92 Å². The van der Waals surface area contributed by atoms with Crippen molar-refractivity contribution in [2.45, 2.75) is 25.3 Å². The minimum Gasteiger partial charge on any atom is -0.369 e. The third kappa shape index (κ3) is 2.07. The van der Waals surface area contributed by atoms with Gasteiger partial charge in [0.1, 0.15) is 0 Å². The fraction of sp³-hybridized carbons (Fsp3) is 0.900. The lowest BCUT2D eigenvalue weighted by molar-refractivity contribution is -0.121. The summed E-state index contributed by atoms with van der Waals surface area (Å²) in [5, 5.41) is 3.40. The van der Waals surface area contributed by atoms with Gasteiger partial charge < -0.3 is 11.1 Å². The van der Waals surface area contributed by atoms with Crippen molar-refractivity contribution < 1.29 is 4.79 Å². The molecule has 1 amide bonds. The summed E-state index contributed by atoms with van der Waals surface area (Å²) in [7, 11) is 0. The fourth-order valence-corrected chi connectivity index (χ4v) is 2.50. The molecule has 0 radical (unpaired) electrons. The summed E-state index contributed by atoms with van der Waals surface area (Å²) in [6.07, 6.45) is 3.47. The molecule has 2 aliphatic heterocycles. The smallest absolute Gasteiger partial charge is 0.221 e. The van der Waals surface area contributed by atoms with E-state index in [0.29, 0.717) is 6.04 Å². The number of primary amides is 1. The second-order valence-electron chi connectivity index (χ2n) is 4.38. The number of nitrogens with two attached hydrogens (primary N) is 1. The van der Waals surface area contributed by atoms with Gasteiger partial charge in [-0.05, 0) is 32.4 Å². The molecule has 0 aliphatic carbocycles. The van der Waals surface area contributed by atoms with Crippen LogP contribution >= 0.6 is 0 Å². The molecule has 80 valence electrons. The number of hydrogen-bond donors (Lipinski definition) is 2. The van der Waals surface area contributed by atoms with Crippen molar-refractivity contribution in [2.75, 3.05) is 26.2 Å². The van der Waals surface area contributed by atoms with E-state index in [1.54, 1.807) is 0 Å². The van der Waals surface area contributed by atoms with E-state index in [4.69, 9.17) is 5.73 Å². The predicted octanol–water partition coefficient (Wildman–Crippen LogP) is -0.454. The molecule has 2 rings (SSSR count). The van der Waals surface area contributed by atoms with Crippen molar-refractivity contribution in [1.82, 2.24) is 10.2 Å². The molecule has 4 heteroatoms. The van der Waals surface area contributed by atoms with E-state index in [9.17, 15) is 4.79 Å². The van der Waals surface area contributed by atoms with Gasteiger partial charge >= 0.3 is 0 Å². The Kier molecular flexibility index (Phi) is 3.03. The minimum atomic E-state index is -0.128. The molecule has 3 N–H and O–H groups in total. The third-order valence-electron chi connectivity index (χ3n) is 3.41. The molecule has 0 aromatic rings. The van der Waals surface area contributed by atoms with Crippen LogP contribution in [0.25, 0.3) is 0 Å². The van der Waals surface area contributed by atoms with Crippen molar-refractivity contribution in [3.8, 4) is 0 Å². The van der Waals surface area contributed by atoms with Crippen LogP contribution in [-0.4, -0.2) is 43.0 Å². The molecule has 2 unspecified atom stereocenters. The van der Waals surface area contributed by atoms with Gasteiger partial charge in [-0.1, -0.05) is 0 Å². The van der Waals surface area contributed by atoms with E-state index < -0.39 is 0 Å².